The summed E-state index contributed by atoms with van der Waals surface area (Å²) < 4.78 is 0. The predicted octanol–water partition coefficient (Wildman–Crippen LogP) is 2.94. The number of rotatable bonds is 5. The van der Waals surface area contributed by atoms with Gasteiger partial charge in [-0.05, 0) is 24.8 Å². The fourth-order valence-corrected chi connectivity index (χ4v) is 3.91. The first kappa shape index (κ1) is 19.6. The minimum Gasteiger partial charge on any atom is -0.341 e. The zero-order valence-electron chi connectivity index (χ0n) is 16.9. The van der Waals surface area contributed by atoms with Crippen LogP contribution in [0.2, 0.25) is 0 Å². The van der Waals surface area contributed by atoms with Crippen LogP contribution < -0.4 is 4.90 Å². The number of carbonyl (C=O) groups is 1. The van der Waals surface area contributed by atoms with Gasteiger partial charge in [0.05, 0.1) is 5.56 Å². The Morgan fingerprint density at radius 1 is 0.897 bits per heavy atom. The van der Waals surface area contributed by atoms with Crippen LogP contribution in [0.25, 0.3) is 6.08 Å². The third-order valence-electron chi connectivity index (χ3n) is 5.66. The van der Waals surface area contributed by atoms with Crippen LogP contribution in [0.3, 0.4) is 0 Å². The average Bonchev–Trinajstić information content (AvgIpc) is 2.80. The van der Waals surface area contributed by atoms with Crippen LogP contribution in [0, 0.1) is 0 Å². The summed E-state index contributed by atoms with van der Waals surface area (Å²) in [4.78, 5) is 28.2. The lowest BCUT2D eigenvalue weighted by Gasteiger charge is -2.34. The summed E-state index contributed by atoms with van der Waals surface area (Å²) in [5, 5.41) is 0. The molecular weight excluding hydrogens is 362 g/mol. The molecule has 152 valence electrons. The Morgan fingerprint density at radius 3 is 2.28 bits per heavy atom. The SMILES string of the molecule is O=C(c1cnc(N2CCCCC2)nc1)N1CCN(C/C=C/c2ccccc2)CC1. The van der Waals surface area contributed by atoms with Gasteiger partial charge in [0.1, 0.15) is 0 Å². The standard InChI is InChI=1S/C23H29N5O/c29-22(21-18-24-23(25-19-21)28-12-5-2-6-13-28)27-16-14-26(15-17-27)11-7-10-20-8-3-1-4-9-20/h1,3-4,7-10,18-19H,2,5-6,11-17H2/b10-7+. The molecule has 0 unspecified atom stereocenters. The van der Waals surface area contributed by atoms with Gasteiger partial charge in [0.25, 0.3) is 5.91 Å². The molecule has 0 aliphatic carbocycles. The normalized spacial score (nSPS) is 18.3. The zero-order chi connectivity index (χ0) is 19.9. The lowest BCUT2D eigenvalue weighted by Crippen LogP contribution is -2.48. The van der Waals surface area contributed by atoms with Crippen LogP contribution in [-0.2, 0) is 0 Å². The third-order valence-corrected chi connectivity index (χ3v) is 5.66. The Labute approximate surface area is 172 Å². The van der Waals surface area contributed by atoms with Gasteiger partial charge < -0.3 is 9.80 Å². The summed E-state index contributed by atoms with van der Waals surface area (Å²) in [7, 11) is 0. The fraction of sp³-hybridized carbons (Fsp3) is 0.435. The van der Waals surface area contributed by atoms with E-state index in [1.54, 1.807) is 12.4 Å². The highest BCUT2D eigenvalue weighted by Crippen LogP contribution is 2.16. The molecular formula is C23H29N5O. The minimum absolute atomic E-state index is 0.0367. The number of carbonyl (C=O) groups excluding carboxylic acids is 1. The number of hydrogen-bond donors (Lipinski definition) is 0. The number of hydrogen-bond acceptors (Lipinski definition) is 5. The second kappa shape index (κ2) is 9.65. The van der Waals surface area contributed by atoms with E-state index in [1.807, 2.05) is 23.1 Å². The molecule has 2 aliphatic heterocycles. The number of aromatic nitrogens is 2. The quantitative estimate of drug-likeness (QED) is 0.784. The maximum absolute atomic E-state index is 12.8. The van der Waals surface area contributed by atoms with E-state index in [0.717, 1.165) is 51.8 Å². The first-order valence-corrected chi connectivity index (χ1v) is 10.6. The molecule has 2 aliphatic rings. The van der Waals surface area contributed by atoms with Crippen molar-refractivity contribution in [2.45, 2.75) is 19.3 Å². The van der Waals surface area contributed by atoms with Crippen LogP contribution in [0.15, 0.2) is 48.8 Å². The van der Waals surface area contributed by atoms with E-state index < -0.39 is 0 Å². The summed E-state index contributed by atoms with van der Waals surface area (Å²) >= 11 is 0. The summed E-state index contributed by atoms with van der Waals surface area (Å²) in [5.74, 6) is 0.783. The van der Waals surface area contributed by atoms with Crippen molar-refractivity contribution in [1.29, 1.82) is 0 Å². The number of nitrogens with zero attached hydrogens (tertiary/aromatic N) is 5. The smallest absolute Gasteiger partial charge is 0.257 e. The summed E-state index contributed by atoms with van der Waals surface area (Å²) in [6.07, 6.45) is 11.4. The second-order valence-corrected chi connectivity index (χ2v) is 7.73. The first-order chi connectivity index (χ1) is 14.3. The van der Waals surface area contributed by atoms with Crippen molar-refractivity contribution in [2.75, 3.05) is 50.7 Å². The molecule has 2 fully saturated rings. The monoisotopic (exact) mass is 391 g/mol. The Kier molecular flexibility index (Phi) is 6.52. The summed E-state index contributed by atoms with van der Waals surface area (Å²) in [5.41, 5.74) is 1.80. The molecule has 0 radical (unpaired) electrons. The molecule has 6 heteroatoms. The van der Waals surface area contributed by atoms with Crippen molar-refractivity contribution >= 4 is 17.9 Å². The highest BCUT2D eigenvalue weighted by atomic mass is 16.2. The number of benzene rings is 1. The summed E-state index contributed by atoms with van der Waals surface area (Å²) in [6.45, 7) is 6.18. The van der Waals surface area contributed by atoms with Crippen molar-refractivity contribution in [1.82, 2.24) is 19.8 Å². The van der Waals surface area contributed by atoms with Crippen LogP contribution in [0.5, 0.6) is 0 Å². The third kappa shape index (κ3) is 5.21. The lowest BCUT2D eigenvalue weighted by atomic mass is 10.1. The largest absolute Gasteiger partial charge is 0.341 e. The number of piperidine rings is 1. The highest BCUT2D eigenvalue weighted by Gasteiger charge is 2.22. The molecule has 0 N–H and O–H groups in total. The van der Waals surface area contributed by atoms with Gasteiger partial charge in [-0.25, -0.2) is 9.97 Å². The maximum Gasteiger partial charge on any atom is 0.257 e. The van der Waals surface area contributed by atoms with Crippen molar-refractivity contribution in [3.05, 3.63) is 59.9 Å². The van der Waals surface area contributed by atoms with E-state index in [1.165, 1.54) is 24.8 Å². The number of anilines is 1. The van der Waals surface area contributed by atoms with E-state index in [2.05, 4.69) is 44.1 Å². The first-order valence-electron chi connectivity index (χ1n) is 10.6. The van der Waals surface area contributed by atoms with E-state index in [-0.39, 0.29) is 5.91 Å². The molecule has 6 nitrogen and oxygen atoms in total. The van der Waals surface area contributed by atoms with Gasteiger partial charge in [0, 0.05) is 58.2 Å². The van der Waals surface area contributed by atoms with E-state index in [4.69, 9.17) is 0 Å². The molecule has 2 saturated heterocycles. The van der Waals surface area contributed by atoms with Crippen molar-refractivity contribution < 1.29 is 4.79 Å². The van der Waals surface area contributed by atoms with E-state index in [9.17, 15) is 4.79 Å². The lowest BCUT2D eigenvalue weighted by molar-refractivity contribution is 0.0649. The fourth-order valence-electron chi connectivity index (χ4n) is 3.91. The van der Waals surface area contributed by atoms with Crippen LogP contribution >= 0.6 is 0 Å². The molecule has 1 aromatic carbocycles. The Balaban J connectivity index is 1.26. The highest BCUT2D eigenvalue weighted by molar-refractivity contribution is 5.93. The van der Waals surface area contributed by atoms with Gasteiger partial charge >= 0.3 is 0 Å². The molecule has 0 saturated carbocycles. The van der Waals surface area contributed by atoms with Crippen LogP contribution in [0.1, 0.15) is 35.2 Å². The molecule has 0 atom stereocenters. The Morgan fingerprint density at radius 2 is 1.59 bits per heavy atom. The summed E-state index contributed by atoms with van der Waals surface area (Å²) in [6, 6.07) is 10.3. The Hall–Kier alpha value is -2.73. The van der Waals surface area contributed by atoms with Gasteiger partial charge in [-0.1, -0.05) is 42.5 Å². The Bertz CT molecular complexity index is 807. The topological polar surface area (TPSA) is 52.6 Å². The predicted molar refractivity (Wildman–Crippen MR) is 116 cm³/mol. The van der Waals surface area contributed by atoms with Crippen molar-refractivity contribution in [3.63, 3.8) is 0 Å². The number of amides is 1. The average molecular weight is 392 g/mol. The molecule has 0 spiro atoms. The van der Waals surface area contributed by atoms with E-state index >= 15 is 0 Å². The molecule has 2 aromatic rings. The van der Waals surface area contributed by atoms with Gasteiger partial charge in [0.15, 0.2) is 0 Å². The molecule has 1 amide bonds. The second-order valence-electron chi connectivity index (χ2n) is 7.73. The molecule has 4 rings (SSSR count). The van der Waals surface area contributed by atoms with Gasteiger partial charge in [-0.3, -0.25) is 9.69 Å². The van der Waals surface area contributed by atoms with Crippen molar-refractivity contribution in [3.8, 4) is 0 Å². The van der Waals surface area contributed by atoms with Crippen LogP contribution in [0.4, 0.5) is 5.95 Å². The zero-order valence-corrected chi connectivity index (χ0v) is 16.9. The maximum atomic E-state index is 12.8. The van der Waals surface area contributed by atoms with Crippen LogP contribution in [-0.4, -0.2) is 71.5 Å². The molecule has 0 bridgehead atoms. The molecule has 29 heavy (non-hydrogen) atoms. The van der Waals surface area contributed by atoms with Gasteiger partial charge in [-0.15, -0.1) is 0 Å². The molecule has 1 aromatic heterocycles. The minimum atomic E-state index is 0.0367. The van der Waals surface area contributed by atoms with Gasteiger partial charge in [-0.2, -0.15) is 0 Å². The number of piperazine rings is 1. The molecule has 3 heterocycles. The van der Waals surface area contributed by atoms with E-state index in [0.29, 0.717) is 5.56 Å². The van der Waals surface area contributed by atoms with Gasteiger partial charge in [0.2, 0.25) is 5.95 Å². The van der Waals surface area contributed by atoms with Crippen molar-refractivity contribution in [2.24, 2.45) is 0 Å².